The molecule has 8 heteroatoms. The van der Waals surface area contributed by atoms with Crippen LogP contribution in [0.3, 0.4) is 0 Å². The molecule has 0 bridgehead atoms. The van der Waals surface area contributed by atoms with Crippen molar-refractivity contribution < 1.29 is 33.2 Å². The van der Waals surface area contributed by atoms with E-state index >= 15 is 0 Å². The molecule has 0 spiro atoms. The maximum atomic E-state index is 12.3. The van der Waals surface area contributed by atoms with E-state index in [9.17, 15) is 4.79 Å². The Morgan fingerprint density at radius 2 is 1.71 bits per heavy atom. The van der Waals surface area contributed by atoms with Gasteiger partial charge in [0.1, 0.15) is 23.9 Å². The molecule has 2 heterocycles. The zero-order chi connectivity index (χ0) is 26.3. The highest BCUT2D eigenvalue weighted by molar-refractivity contribution is 5.92. The molecule has 0 fully saturated rings. The fourth-order valence-electron chi connectivity index (χ4n) is 4.07. The summed E-state index contributed by atoms with van der Waals surface area (Å²) in [6.45, 7) is 3.19. The van der Waals surface area contributed by atoms with Crippen molar-refractivity contribution in [1.82, 2.24) is 4.98 Å². The average molecular weight is 514 g/mol. The number of pyridine rings is 1. The molecule has 0 saturated carbocycles. The van der Waals surface area contributed by atoms with Crippen LogP contribution in [0.15, 0.2) is 72.8 Å². The lowest BCUT2D eigenvalue weighted by atomic mass is 9.99. The first kappa shape index (κ1) is 25.1. The van der Waals surface area contributed by atoms with E-state index in [1.54, 1.807) is 31.4 Å². The summed E-state index contributed by atoms with van der Waals surface area (Å²) in [4.78, 5) is 16.8. The van der Waals surface area contributed by atoms with Gasteiger partial charge in [-0.05, 0) is 42.8 Å². The van der Waals surface area contributed by atoms with Gasteiger partial charge < -0.3 is 28.4 Å². The van der Waals surface area contributed by atoms with Gasteiger partial charge in [0, 0.05) is 29.0 Å². The number of carbonyl (C=O) groups is 1. The predicted molar refractivity (Wildman–Crippen MR) is 141 cm³/mol. The van der Waals surface area contributed by atoms with Crippen molar-refractivity contribution in [2.45, 2.75) is 13.5 Å². The Hall–Kier alpha value is -4.56. The van der Waals surface area contributed by atoms with Gasteiger partial charge in [0.2, 0.25) is 12.7 Å². The van der Waals surface area contributed by atoms with Gasteiger partial charge in [-0.2, -0.15) is 0 Å². The summed E-state index contributed by atoms with van der Waals surface area (Å²) in [5.41, 5.74) is 3.40. The van der Waals surface area contributed by atoms with Crippen LogP contribution in [0.2, 0.25) is 0 Å². The number of fused-ring (bicyclic) bond motifs is 1. The van der Waals surface area contributed by atoms with Crippen molar-refractivity contribution in [3.63, 3.8) is 0 Å². The Balaban J connectivity index is 1.39. The molecule has 0 saturated heterocycles. The minimum atomic E-state index is 0.156. The van der Waals surface area contributed by atoms with E-state index in [1.807, 2.05) is 55.5 Å². The zero-order valence-corrected chi connectivity index (χ0v) is 21.1. The lowest BCUT2D eigenvalue weighted by Crippen LogP contribution is -2.08. The molecule has 5 rings (SSSR count). The lowest BCUT2D eigenvalue weighted by molar-refractivity contribution is 0.0890. The number of hydrogen-bond acceptors (Lipinski definition) is 8. The monoisotopic (exact) mass is 513 g/mol. The third kappa shape index (κ3) is 5.71. The van der Waals surface area contributed by atoms with E-state index in [4.69, 9.17) is 28.4 Å². The van der Waals surface area contributed by atoms with Crippen LogP contribution in [0.25, 0.3) is 11.1 Å². The number of hydrogen-bond donors (Lipinski definition) is 0. The highest BCUT2D eigenvalue weighted by atomic mass is 16.7. The minimum Gasteiger partial charge on any atom is -0.497 e. The molecule has 0 unspecified atom stereocenters. The molecule has 1 aromatic heterocycles. The second-order valence-electron chi connectivity index (χ2n) is 8.51. The maximum absolute atomic E-state index is 12.3. The number of rotatable bonds is 11. The highest BCUT2D eigenvalue weighted by Crippen LogP contribution is 2.40. The molecule has 0 N–H and O–H groups in total. The molecule has 194 valence electrons. The van der Waals surface area contributed by atoms with Crippen LogP contribution < -0.4 is 23.7 Å². The van der Waals surface area contributed by atoms with Crippen LogP contribution in [-0.4, -0.2) is 38.4 Å². The number of aromatic nitrogens is 1. The Kier molecular flexibility index (Phi) is 7.70. The van der Waals surface area contributed by atoms with Gasteiger partial charge >= 0.3 is 0 Å². The first-order valence-electron chi connectivity index (χ1n) is 12.1. The molecular formula is C30H27NO7. The molecule has 0 radical (unpaired) electrons. The van der Waals surface area contributed by atoms with Crippen LogP contribution in [0.4, 0.5) is 0 Å². The maximum Gasteiger partial charge on any atom is 0.231 e. The van der Waals surface area contributed by atoms with Gasteiger partial charge in [-0.25, -0.2) is 4.98 Å². The summed E-state index contributed by atoms with van der Waals surface area (Å²) < 4.78 is 34.1. The van der Waals surface area contributed by atoms with E-state index in [0.29, 0.717) is 71.0 Å². The second-order valence-corrected chi connectivity index (χ2v) is 8.51. The summed E-state index contributed by atoms with van der Waals surface area (Å²) in [6, 6.07) is 22.4. The number of ether oxygens (including phenoxy) is 6. The standard InChI is InChI=1S/C30H27NO7/c1-20-14-25(26(17-32)30(31-20)38-23-9-11-27-29(16-23)37-19-36-27)24-10-8-22(33-2)15-28(24)35-13-12-34-18-21-6-4-3-5-7-21/h3-11,14-17H,12-13,18-19H2,1-2H3. The van der Waals surface area contributed by atoms with Crippen molar-refractivity contribution in [3.8, 4) is 45.8 Å². The van der Waals surface area contributed by atoms with Crippen molar-refractivity contribution >= 4 is 6.29 Å². The SMILES string of the molecule is COc1ccc(-c2cc(C)nc(Oc3ccc4c(c3)OCO4)c2C=O)c(OCCOCc2ccccc2)c1. The van der Waals surface area contributed by atoms with E-state index in [1.165, 1.54) is 0 Å². The van der Waals surface area contributed by atoms with Crippen LogP contribution >= 0.6 is 0 Å². The lowest BCUT2D eigenvalue weighted by Gasteiger charge is -2.17. The van der Waals surface area contributed by atoms with Crippen molar-refractivity contribution in [2.75, 3.05) is 27.1 Å². The molecule has 8 nitrogen and oxygen atoms in total. The summed E-state index contributed by atoms with van der Waals surface area (Å²) >= 11 is 0. The molecule has 1 aliphatic rings. The molecule has 1 aliphatic heterocycles. The number of benzene rings is 3. The van der Waals surface area contributed by atoms with Crippen LogP contribution in [0, 0.1) is 6.92 Å². The van der Waals surface area contributed by atoms with Crippen LogP contribution in [-0.2, 0) is 11.3 Å². The smallest absolute Gasteiger partial charge is 0.231 e. The quantitative estimate of drug-likeness (QED) is 0.178. The summed E-state index contributed by atoms with van der Waals surface area (Å²) in [5.74, 6) is 3.05. The van der Waals surface area contributed by atoms with Crippen LogP contribution in [0.5, 0.6) is 34.6 Å². The Labute approximate surface area is 220 Å². The Morgan fingerprint density at radius 1 is 0.895 bits per heavy atom. The molecular weight excluding hydrogens is 486 g/mol. The van der Waals surface area contributed by atoms with Gasteiger partial charge in [0.25, 0.3) is 0 Å². The number of aryl methyl sites for hydroxylation is 1. The fourth-order valence-corrected chi connectivity index (χ4v) is 4.07. The normalized spacial score (nSPS) is 11.7. The third-order valence-corrected chi connectivity index (χ3v) is 5.90. The topological polar surface area (TPSA) is 85.3 Å². The number of aldehydes is 1. The minimum absolute atomic E-state index is 0.156. The van der Waals surface area contributed by atoms with Gasteiger partial charge in [0.15, 0.2) is 17.8 Å². The average Bonchev–Trinajstić information content (AvgIpc) is 3.41. The number of nitrogens with zero attached hydrogens (tertiary/aromatic N) is 1. The predicted octanol–water partition coefficient (Wildman–Crippen LogP) is 5.99. The van der Waals surface area contributed by atoms with Crippen molar-refractivity contribution in [2.24, 2.45) is 0 Å². The molecule has 4 aromatic rings. The summed E-state index contributed by atoms with van der Waals surface area (Å²) in [6.07, 6.45) is 0.737. The Bertz CT molecular complexity index is 1420. The van der Waals surface area contributed by atoms with E-state index in [-0.39, 0.29) is 12.7 Å². The number of methoxy groups -OCH3 is 1. The third-order valence-electron chi connectivity index (χ3n) is 5.90. The van der Waals surface area contributed by atoms with Gasteiger partial charge in [0.05, 0.1) is 25.9 Å². The second kappa shape index (κ2) is 11.7. The van der Waals surface area contributed by atoms with Crippen molar-refractivity contribution in [3.05, 3.63) is 89.6 Å². The summed E-state index contributed by atoms with van der Waals surface area (Å²) in [5, 5.41) is 0. The van der Waals surface area contributed by atoms with Crippen LogP contribution in [0.1, 0.15) is 21.6 Å². The fraction of sp³-hybridized carbons (Fsp3) is 0.200. The molecule has 38 heavy (non-hydrogen) atoms. The van der Waals surface area contributed by atoms with Gasteiger partial charge in [-0.1, -0.05) is 30.3 Å². The molecule has 0 aliphatic carbocycles. The van der Waals surface area contributed by atoms with Crippen molar-refractivity contribution in [1.29, 1.82) is 0 Å². The zero-order valence-electron chi connectivity index (χ0n) is 21.1. The summed E-state index contributed by atoms with van der Waals surface area (Å²) in [7, 11) is 1.59. The number of carbonyl (C=O) groups excluding carboxylic acids is 1. The molecule has 0 amide bonds. The van der Waals surface area contributed by atoms with E-state index < -0.39 is 0 Å². The van der Waals surface area contributed by atoms with E-state index in [2.05, 4.69) is 4.98 Å². The first-order valence-corrected chi connectivity index (χ1v) is 12.1. The Morgan fingerprint density at radius 3 is 2.53 bits per heavy atom. The van der Waals surface area contributed by atoms with E-state index in [0.717, 1.165) is 11.8 Å². The largest absolute Gasteiger partial charge is 0.497 e. The van der Waals surface area contributed by atoms with Gasteiger partial charge in [-0.3, -0.25) is 4.79 Å². The first-order chi connectivity index (χ1) is 18.6. The molecule has 0 atom stereocenters. The van der Waals surface area contributed by atoms with Gasteiger partial charge in [-0.15, -0.1) is 0 Å². The molecule has 3 aromatic carbocycles. The highest BCUT2D eigenvalue weighted by Gasteiger charge is 2.20.